The first kappa shape index (κ1) is 20.1. The molecule has 1 fully saturated rings. The van der Waals surface area contributed by atoms with E-state index in [9.17, 15) is 0 Å². The van der Waals surface area contributed by atoms with Crippen molar-refractivity contribution in [3.63, 3.8) is 0 Å². The third kappa shape index (κ3) is 6.45. The van der Waals surface area contributed by atoms with Crippen molar-refractivity contribution in [3.8, 4) is 0 Å². The molecular weight excluding hydrogens is 221 g/mol. The van der Waals surface area contributed by atoms with E-state index in [2.05, 4.69) is 41.5 Å². The maximum Gasteiger partial charge on any atom is 1.00 e. The van der Waals surface area contributed by atoms with Crippen molar-refractivity contribution in [3.05, 3.63) is 5.40 Å². The summed E-state index contributed by atoms with van der Waals surface area (Å²) in [5, 5.41) is 8.42. The summed E-state index contributed by atoms with van der Waals surface area (Å²) in [5.41, 5.74) is 1.76. The topological polar surface area (TPSA) is 33.0 Å². The summed E-state index contributed by atoms with van der Waals surface area (Å²) in [6.45, 7) is 15.2. The molecular formula is C13H30LiNOSi. The van der Waals surface area contributed by atoms with Gasteiger partial charge in [-0.2, -0.15) is 0 Å². The summed E-state index contributed by atoms with van der Waals surface area (Å²) in [5.74, 6) is 0. The average Bonchev–Trinajstić information content (AvgIpc) is 2.73. The molecule has 2 nitrogen and oxygen atoms in total. The SMILES string of the molecule is C1CCOC1.CC(C)[Si]([NH-])(C(C)C)C(C)C.[Li+]. The van der Waals surface area contributed by atoms with Crippen LogP contribution in [0.25, 0.3) is 5.40 Å². The van der Waals surface area contributed by atoms with Crippen LogP contribution in [-0.4, -0.2) is 21.4 Å². The van der Waals surface area contributed by atoms with E-state index in [1.807, 2.05) is 0 Å². The molecule has 98 valence electrons. The van der Waals surface area contributed by atoms with Gasteiger partial charge in [-0.05, 0) is 21.1 Å². The van der Waals surface area contributed by atoms with Crippen molar-refractivity contribution in [2.24, 2.45) is 0 Å². The van der Waals surface area contributed by atoms with Gasteiger partial charge in [0.05, 0.1) is 0 Å². The van der Waals surface area contributed by atoms with Crippen molar-refractivity contribution in [1.82, 2.24) is 0 Å². The molecule has 0 unspecified atom stereocenters. The molecule has 0 aromatic heterocycles. The molecule has 0 aromatic rings. The number of ether oxygens (including phenoxy) is 1. The molecule has 0 radical (unpaired) electrons. The monoisotopic (exact) mass is 251 g/mol. The summed E-state index contributed by atoms with van der Waals surface area (Å²) in [6, 6.07) is 0. The molecule has 0 bridgehead atoms. The Balaban J connectivity index is 0. The van der Waals surface area contributed by atoms with Crippen LogP contribution in [0, 0.1) is 0 Å². The Morgan fingerprint density at radius 2 is 1.12 bits per heavy atom. The molecule has 1 rings (SSSR count). The van der Waals surface area contributed by atoms with E-state index < -0.39 is 8.24 Å². The van der Waals surface area contributed by atoms with Crippen LogP contribution in [0.4, 0.5) is 0 Å². The first-order valence-electron chi connectivity index (χ1n) is 6.66. The van der Waals surface area contributed by atoms with Gasteiger partial charge in [-0.25, -0.2) is 0 Å². The van der Waals surface area contributed by atoms with Crippen molar-refractivity contribution in [2.75, 3.05) is 13.2 Å². The molecule has 1 N–H and O–H groups in total. The minimum Gasteiger partial charge on any atom is -0.679 e. The van der Waals surface area contributed by atoms with Crippen molar-refractivity contribution >= 4 is 8.24 Å². The zero-order chi connectivity index (χ0) is 12.8. The van der Waals surface area contributed by atoms with Gasteiger partial charge in [0, 0.05) is 13.2 Å². The Bertz CT molecular complexity index is 153. The molecule has 0 spiro atoms. The van der Waals surface area contributed by atoms with Crippen LogP contribution in [0.1, 0.15) is 54.4 Å². The molecule has 0 saturated carbocycles. The Hall–Kier alpha value is 0.734. The van der Waals surface area contributed by atoms with E-state index in [4.69, 9.17) is 10.1 Å². The predicted molar refractivity (Wildman–Crippen MR) is 75.4 cm³/mol. The molecule has 0 aromatic carbocycles. The Kier molecular flexibility index (Phi) is 11.4. The van der Waals surface area contributed by atoms with Crippen LogP contribution in [0.5, 0.6) is 0 Å². The number of hydrogen-bond donors (Lipinski definition) is 0. The Morgan fingerprint density at radius 3 is 1.18 bits per heavy atom. The van der Waals surface area contributed by atoms with Crippen LogP contribution in [0.2, 0.25) is 16.6 Å². The third-order valence-corrected chi connectivity index (χ3v) is 9.43. The van der Waals surface area contributed by atoms with Gasteiger partial charge in [-0.3, -0.25) is 0 Å². The summed E-state index contributed by atoms with van der Waals surface area (Å²) < 4.78 is 4.94. The molecule has 1 aliphatic rings. The zero-order valence-corrected chi connectivity index (χ0v) is 14.0. The summed E-state index contributed by atoms with van der Waals surface area (Å²) in [6.07, 6.45) is 2.56. The maximum atomic E-state index is 8.42. The second kappa shape index (κ2) is 9.64. The molecule has 1 saturated heterocycles. The number of rotatable bonds is 3. The standard InChI is InChI=1S/C9H22NSi.C4H8O.Li/c1-7(2)11(10,8(3)4)9(5)6;1-2-4-5-3-1;/h7-10H,1-6H3;1-4H2;/q-1;;+1. The van der Waals surface area contributed by atoms with Crippen molar-refractivity contribution in [1.29, 1.82) is 0 Å². The van der Waals surface area contributed by atoms with Crippen LogP contribution in [0.15, 0.2) is 0 Å². The van der Waals surface area contributed by atoms with Crippen LogP contribution >= 0.6 is 0 Å². The van der Waals surface area contributed by atoms with E-state index in [0.717, 1.165) is 13.2 Å². The van der Waals surface area contributed by atoms with Gasteiger partial charge >= 0.3 is 18.9 Å². The van der Waals surface area contributed by atoms with Crippen molar-refractivity contribution < 1.29 is 23.6 Å². The molecule has 17 heavy (non-hydrogen) atoms. The Labute approximate surface area is 121 Å². The fraction of sp³-hybridized carbons (Fsp3) is 1.00. The quantitative estimate of drug-likeness (QED) is 0.706. The molecule has 0 amide bonds. The maximum absolute atomic E-state index is 8.42. The van der Waals surface area contributed by atoms with E-state index in [-0.39, 0.29) is 18.9 Å². The van der Waals surface area contributed by atoms with E-state index >= 15 is 0 Å². The van der Waals surface area contributed by atoms with Gasteiger partial charge in [0.15, 0.2) is 0 Å². The largest absolute Gasteiger partial charge is 1.00 e. The van der Waals surface area contributed by atoms with E-state index in [1.165, 1.54) is 12.8 Å². The van der Waals surface area contributed by atoms with Crippen LogP contribution in [-0.2, 0) is 4.74 Å². The summed E-state index contributed by atoms with van der Waals surface area (Å²) in [4.78, 5) is 0. The van der Waals surface area contributed by atoms with Gasteiger partial charge in [0.2, 0.25) is 0 Å². The summed E-state index contributed by atoms with van der Waals surface area (Å²) >= 11 is 0. The molecule has 4 heteroatoms. The smallest absolute Gasteiger partial charge is 0.679 e. The molecule has 1 heterocycles. The number of hydrogen-bond acceptors (Lipinski definition) is 1. The first-order chi connectivity index (χ1) is 7.33. The van der Waals surface area contributed by atoms with Crippen molar-refractivity contribution in [2.45, 2.75) is 71.0 Å². The molecule has 1 aliphatic heterocycles. The normalized spacial score (nSPS) is 15.9. The summed E-state index contributed by atoms with van der Waals surface area (Å²) in [7, 11) is -1.73. The fourth-order valence-electron chi connectivity index (χ4n) is 2.51. The van der Waals surface area contributed by atoms with Crippen LogP contribution in [0.3, 0.4) is 0 Å². The van der Waals surface area contributed by atoms with E-state index in [1.54, 1.807) is 0 Å². The van der Waals surface area contributed by atoms with Gasteiger partial charge in [-0.15, -0.1) is 0 Å². The van der Waals surface area contributed by atoms with Crippen LogP contribution < -0.4 is 18.9 Å². The third-order valence-electron chi connectivity index (χ3n) is 3.69. The Morgan fingerprint density at radius 1 is 0.824 bits per heavy atom. The second-order valence-corrected chi connectivity index (χ2v) is 11.0. The second-order valence-electron chi connectivity index (χ2n) is 5.72. The zero-order valence-electron chi connectivity index (χ0n) is 13.0. The van der Waals surface area contributed by atoms with Gasteiger partial charge in [0.25, 0.3) is 0 Å². The van der Waals surface area contributed by atoms with Gasteiger partial charge < -0.3 is 10.1 Å². The molecule has 0 aliphatic carbocycles. The predicted octanol–water partition coefficient (Wildman–Crippen LogP) is 2.01. The minimum atomic E-state index is -1.73. The molecule has 0 atom stereocenters. The number of nitrogens with one attached hydrogen (secondary N) is 1. The fourth-order valence-corrected chi connectivity index (χ4v) is 6.51. The first-order valence-corrected chi connectivity index (χ1v) is 8.89. The van der Waals surface area contributed by atoms with Gasteiger partial charge in [0.1, 0.15) is 0 Å². The van der Waals surface area contributed by atoms with Gasteiger partial charge in [-0.1, -0.05) is 58.2 Å². The van der Waals surface area contributed by atoms with E-state index in [0.29, 0.717) is 16.6 Å². The minimum absolute atomic E-state index is 0. The average molecular weight is 251 g/mol.